The molecule has 1 aliphatic rings. The molecule has 0 amide bonds. The molecule has 0 aliphatic carbocycles. The van der Waals surface area contributed by atoms with Gasteiger partial charge in [0.25, 0.3) is 0 Å². The number of likely N-dealkylation sites (N-methyl/N-ethyl adjacent to an activating group) is 1. The first-order valence-corrected chi connectivity index (χ1v) is 8.48. The van der Waals surface area contributed by atoms with Crippen LogP contribution in [0.5, 0.6) is 5.75 Å². The second-order valence-corrected chi connectivity index (χ2v) is 7.20. The maximum Gasteiger partial charge on any atom is 0.339 e. The van der Waals surface area contributed by atoms with E-state index in [0.717, 1.165) is 16.8 Å². The van der Waals surface area contributed by atoms with Crippen LogP contribution in [0, 0.1) is 5.82 Å². The van der Waals surface area contributed by atoms with Crippen LogP contribution in [0.4, 0.5) is 15.8 Å². The highest BCUT2D eigenvalue weighted by molar-refractivity contribution is 5.93. The van der Waals surface area contributed by atoms with Crippen LogP contribution in [-0.4, -0.2) is 35.0 Å². The number of hydrogen-bond acceptors (Lipinski definition) is 4. The zero-order valence-electron chi connectivity index (χ0n) is 15.6. The van der Waals surface area contributed by atoms with Gasteiger partial charge in [-0.1, -0.05) is 6.08 Å². The van der Waals surface area contributed by atoms with Gasteiger partial charge in [0.15, 0.2) is 0 Å². The number of carboxylic acids is 1. The molecule has 140 valence electrons. The Morgan fingerprint density at radius 3 is 2.63 bits per heavy atom. The molecule has 5 nitrogen and oxygen atoms in total. The van der Waals surface area contributed by atoms with Crippen molar-refractivity contribution in [1.82, 2.24) is 0 Å². The maximum atomic E-state index is 14.6. The van der Waals surface area contributed by atoms with E-state index >= 15 is 0 Å². The fourth-order valence-electron chi connectivity index (χ4n) is 3.21. The Morgan fingerprint density at radius 2 is 1.96 bits per heavy atom. The van der Waals surface area contributed by atoms with E-state index in [-0.39, 0.29) is 16.9 Å². The zero-order valence-corrected chi connectivity index (χ0v) is 15.6. The molecule has 0 aromatic heterocycles. The number of rotatable bonds is 3. The molecule has 0 bridgehead atoms. The zero-order chi connectivity index (χ0) is 19.9. The van der Waals surface area contributed by atoms with Crippen molar-refractivity contribution in [2.45, 2.75) is 26.3 Å². The SMILES string of the molecule is CC1=CC(C)(C)N(C)c2cc(F)c(C=Nc3ccc(O)c(C(=O)O)c3)cc21. The number of halogens is 1. The van der Waals surface area contributed by atoms with E-state index in [4.69, 9.17) is 5.11 Å². The van der Waals surface area contributed by atoms with Crippen molar-refractivity contribution in [3.8, 4) is 5.75 Å². The average molecular weight is 368 g/mol. The topological polar surface area (TPSA) is 73.1 Å². The van der Waals surface area contributed by atoms with E-state index < -0.39 is 11.8 Å². The van der Waals surface area contributed by atoms with Gasteiger partial charge in [-0.15, -0.1) is 0 Å². The molecular weight excluding hydrogens is 347 g/mol. The smallest absolute Gasteiger partial charge is 0.339 e. The molecule has 1 aliphatic heterocycles. The largest absolute Gasteiger partial charge is 0.507 e. The van der Waals surface area contributed by atoms with Gasteiger partial charge < -0.3 is 15.1 Å². The lowest BCUT2D eigenvalue weighted by Crippen LogP contribution is -2.42. The van der Waals surface area contributed by atoms with E-state index in [2.05, 4.69) is 24.9 Å². The van der Waals surface area contributed by atoms with Crippen molar-refractivity contribution in [3.63, 3.8) is 0 Å². The van der Waals surface area contributed by atoms with E-state index in [1.165, 1.54) is 30.5 Å². The van der Waals surface area contributed by atoms with Gasteiger partial charge in [-0.05, 0) is 56.7 Å². The molecule has 27 heavy (non-hydrogen) atoms. The van der Waals surface area contributed by atoms with Crippen LogP contribution in [0.1, 0.15) is 42.3 Å². The minimum absolute atomic E-state index is 0.210. The molecule has 0 saturated heterocycles. The molecule has 0 atom stereocenters. The number of phenols is 1. The highest BCUT2D eigenvalue weighted by Crippen LogP contribution is 2.38. The summed E-state index contributed by atoms with van der Waals surface area (Å²) in [6.07, 6.45) is 3.49. The van der Waals surface area contributed by atoms with Crippen LogP contribution >= 0.6 is 0 Å². The second-order valence-electron chi connectivity index (χ2n) is 7.20. The number of anilines is 1. The Balaban J connectivity index is 2.00. The first kappa shape index (κ1) is 18.6. The summed E-state index contributed by atoms with van der Waals surface area (Å²) in [6, 6.07) is 7.20. The number of aromatic carboxylic acids is 1. The molecule has 2 aromatic rings. The van der Waals surface area contributed by atoms with Crippen molar-refractivity contribution in [2.75, 3.05) is 11.9 Å². The molecule has 0 saturated carbocycles. The molecule has 0 unspecified atom stereocenters. The van der Waals surface area contributed by atoms with E-state index in [0.29, 0.717) is 11.3 Å². The molecular formula is C21H21FN2O3. The third-order valence-corrected chi connectivity index (χ3v) is 4.90. The van der Waals surface area contributed by atoms with Gasteiger partial charge in [-0.3, -0.25) is 4.99 Å². The van der Waals surface area contributed by atoms with E-state index in [1.807, 2.05) is 18.9 Å². The summed E-state index contributed by atoms with van der Waals surface area (Å²) in [6.45, 7) is 6.13. The fourth-order valence-corrected chi connectivity index (χ4v) is 3.21. The minimum Gasteiger partial charge on any atom is -0.507 e. The van der Waals surface area contributed by atoms with Gasteiger partial charge in [-0.2, -0.15) is 0 Å². The van der Waals surface area contributed by atoms with Crippen LogP contribution in [0.2, 0.25) is 0 Å². The predicted octanol–water partition coefficient (Wildman–Crippen LogP) is 4.61. The van der Waals surface area contributed by atoms with Gasteiger partial charge in [0.05, 0.1) is 11.2 Å². The number of nitrogens with zero attached hydrogens (tertiary/aromatic N) is 2. The summed E-state index contributed by atoms with van der Waals surface area (Å²) in [7, 11) is 1.93. The number of allylic oxidation sites excluding steroid dienone is 1. The van der Waals surface area contributed by atoms with Gasteiger partial charge in [0, 0.05) is 30.1 Å². The van der Waals surface area contributed by atoms with Crippen LogP contribution < -0.4 is 4.90 Å². The van der Waals surface area contributed by atoms with E-state index in [9.17, 15) is 14.3 Å². The molecule has 2 N–H and O–H groups in total. The number of carbonyl (C=O) groups is 1. The monoisotopic (exact) mass is 368 g/mol. The fraction of sp³-hybridized carbons (Fsp3) is 0.238. The van der Waals surface area contributed by atoms with Crippen molar-refractivity contribution in [1.29, 1.82) is 0 Å². The van der Waals surface area contributed by atoms with Crippen molar-refractivity contribution >= 4 is 29.1 Å². The first-order valence-electron chi connectivity index (χ1n) is 8.48. The predicted molar refractivity (Wildman–Crippen MR) is 105 cm³/mol. The number of fused-ring (bicyclic) bond motifs is 1. The first-order chi connectivity index (χ1) is 12.6. The van der Waals surface area contributed by atoms with Crippen LogP contribution in [-0.2, 0) is 0 Å². The number of hydrogen-bond donors (Lipinski definition) is 2. The molecule has 6 heteroatoms. The highest BCUT2D eigenvalue weighted by Gasteiger charge is 2.29. The van der Waals surface area contributed by atoms with Crippen molar-refractivity contribution < 1.29 is 19.4 Å². The maximum absolute atomic E-state index is 14.6. The summed E-state index contributed by atoms with van der Waals surface area (Å²) < 4.78 is 14.6. The number of aromatic hydroxyl groups is 1. The average Bonchev–Trinajstić information content (AvgIpc) is 2.59. The summed E-state index contributed by atoms with van der Waals surface area (Å²) in [4.78, 5) is 17.3. The highest BCUT2D eigenvalue weighted by atomic mass is 19.1. The second kappa shape index (κ2) is 6.54. The minimum atomic E-state index is -1.25. The van der Waals surface area contributed by atoms with Crippen LogP contribution in [0.15, 0.2) is 41.4 Å². The van der Waals surface area contributed by atoms with Crippen molar-refractivity contribution in [3.05, 3.63) is 58.9 Å². The van der Waals surface area contributed by atoms with Gasteiger partial charge in [0.2, 0.25) is 0 Å². The van der Waals surface area contributed by atoms with Crippen LogP contribution in [0.25, 0.3) is 5.57 Å². The Bertz CT molecular complexity index is 993. The lowest BCUT2D eigenvalue weighted by molar-refractivity contribution is 0.0693. The Hall–Kier alpha value is -3.15. The number of aliphatic imine (C=N–C) groups is 1. The summed E-state index contributed by atoms with van der Waals surface area (Å²) in [5.74, 6) is -2.00. The molecule has 0 fully saturated rings. The molecule has 0 spiro atoms. The number of carboxylic acid groups (broad SMARTS) is 1. The standard InChI is InChI=1S/C21H21FN2O3/c1-12-10-21(2,3)24(4)18-9-17(22)13(7-15(12)18)11-23-14-5-6-19(25)16(8-14)20(26)27/h5-11,25H,1-4H3,(H,26,27). The molecule has 2 aromatic carbocycles. The van der Waals surface area contributed by atoms with E-state index in [1.54, 1.807) is 6.07 Å². The number of benzene rings is 2. The summed E-state index contributed by atoms with van der Waals surface area (Å²) in [5.41, 5.74) is 2.95. The summed E-state index contributed by atoms with van der Waals surface area (Å²) in [5, 5.41) is 18.6. The Morgan fingerprint density at radius 1 is 1.26 bits per heavy atom. The Labute approximate surface area is 157 Å². The molecule has 3 rings (SSSR count). The van der Waals surface area contributed by atoms with Gasteiger partial charge in [0.1, 0.15) is 17.1 Å². The third-order valence-electron chi connectivity index (χ3n) is 4.90. The third kappa shape index (κ3) is 3.43. The quantitative estimate of drug-likeness (QED) is 0.776. The Kier molecular flexibility index (Phi) is 4.51. The van der Waals surface area contributed by atoms with Gasteiger partial charge in [-0.25, -0.2) is 9.18 Å². The lowest BCUT2D eigenvalue weighted by atomic mass is 9.88. The molecule has 0 radical (unpaired) electrons. The van der Waals surface area contributed by atoms with Crippen LogP contribution in [0.3, 0.4) is 0 Å². The molecule has 1 heterocycles. The summed E-state index contributed by atoms with van der Waals surface area (Å²) >= 11 is 0. The lowest BCUT2D eigenvalue weighted by Gasteiger charge is -2.40. The normalized spacial score (nSPS) is 15.6. The van der Waals surface area contributed by atoms with Crippen molar-refractivity contribution in [2.24, 2.45) is 4.99 Å². The van der Waals surface area contributed by atoms with Gasteiger partial charge >= 0.3 is 5.97 Å².